The van der Waals surface area contributed by atoms with E-state index in [1.165, 1.54) is 0 Å². The van der Waals surface area contributed by atoms with Gasteiger partial charge < -0.3 is 35.8 Å². The van der Waals surface area contributed by atoms with Gasteiger partial charge in [0, 0.05) is 12.8 Å². The van der Waals surface area contributed by atoms with Gasteiger partial charge in [-0.05, 0) is 7.05 Å². The summed E-state index contributed by atoms with van der Waals surface area (Å²) in [5.41, 5.74) is 2.22. The van der Waals surface area contributed by atoms with Gasteiger partial charge in [-0.25, -0.2) is 4.79 Å². The summed E-state index contributed by atoms with van der Waals surface area (Å²) in [6, 6.07) is -2.08. The Morgan fingerprint density at radius 1 is 1.52 bits per heavy atom. The molecule has 0 bridgehead atoms. The lowest BCUT2D eigenvalue weighted by molar-refractivity contribution is -0.182. The van der Waals surface area contributed by atoms with E-state index in [-0.39, 0.29) is 13.0 Å². The quantitative estimate of drug-likeness (QED) is 0.352. The fourth-order valence-electron chi connectivity index (χ4n) is 3.24. The Morgan fingerprint density at radius 3 is 2.65 bits per heavy atom. The van der Waals surface area contributed by atoms with Crippen LogP contribution in [0.1, 0.15) is 12.8 Å². The Morgan fingerprint density at radius 2 is 2.17 bits per heavy atom. The standard InChI is InChI=1S/C14H20N2O7/c1-3-13-6-14(12(20)21,4-7(15)11(18)19)23-10(13)9(16-2)8(17)5-22-13/h1,7-10,16-17H,4-6,15H2,2H3,(H,18,19)(H,20,21)/t7-,8+,9+,10+,13+,14+/m0/s1. The second kappa shape index (κ2) is 6.07. The zero-order valence-corrected chi connectivity index (χ0v) is 12.6. The summed E-state index contributed by atoms with van der Waals surface area (Å²) in [6.07, 6.45) is 2.95. The summed E-state index contributed by atoms with van der Waals surface area (Å²) in [4.78, 5) is 22.8. The van der Waals surface area contributed by atoms with Crippen LogP contribution < -0.4 is 11.1 Å². The van der Waals surface area contributed by atoms with Crippen LogP contribution in [-0.4, -0.2) is 76.4 Å². The molecule has 6 N–H and O–H groups in total. The molecule has 9 heteroatoms. The highest BCUT2D eigenvalue weighted by Gasteiger charge is 2.65. The van der Waals surface area contributed by atoms with Gasteiger partial charge in [-0.15, -0.1) is 6.42 Å². The molecule has 23 heavy (non-hydrogen) atoms. The van der Waals surface area contributed by atoms with Gasteiger partial charge in [0.25, 0.3) is 0 Å². The SMILES string of the molecule is C#C[C@@]12C[C@](C[C@H](N)C(=O)O)(C(=O)O)O[C@@H]1[C@H](NC)[C@H](O)CO2. The second-order valence-electron chi connectivity index (χ2n) is 5.89. The molecule has 2 aliphatic rings. The number of nitrogens with two attached hydrogens (primary N) is 1. The highest BCUT2D eigenvalue weighted by molar-refractivity contribution is 5.81. The van der Waals surface area contributed by atoms with Gasteiger partial charge in [0.05, 0.1) is 18.8 Å². The second-order valence-corrected chi connectivity index (χ2v) is 5.89. The summed E-state index contributed by atoms with van der Waals surface area (Å²) in [5.74, 6) is -0.285. The molecule has 128 valence electrons. The van der Waals surface area contributed by atoms with Crippen molar-refractivity contribution in [1.29, 1.82) is 0 Å². The lowest BCUT2D eigenvalue weighted by atomic mass is 9.80. The van der Waals surface area contributed by atoms with Gasteiger partial charge in [-0.2, -0.15) is 0 Å². The molecule has 0 aromatic heterocycles. The monoisotopic (exact) mass is 328 g/mol. The first kappa shape index (κ1) is 17.7. The van der Waals surface area contributed by atoms with Gasteiger partial charge in [0.15, 0.2) is 11.2 Å². The summed E-state index contributed by atoms with van der Waals surface area (Å²) >= 11 is 0. The number of carboxylic acid groups (broad SMARTS) is 2. The number of aliphatic hydroxyl groups is 1. The van der Waals surface area contributed by atoms with E-state index < -0.39 is 53.9 Å². The number of likely N-dealkylation sites (N-methyl/N-ethyl adjacent to an activating group) is 1. The minimum atomic E-state index is -1.89. The first-order chi connectivity index (χ1) is 10.7. The van der Waals surface area contributed by atoms with Gasteiger partial charge in [-0.1, -0.05) is 5.92 Å². The number of aliphatic hydroxyl groups excluding tert-OH is 1. The summed E-state index contributed by atoms with van der Waals surface area (Å²) in [7, 11) is 1.58. The normalized spacial score (nSPS) is 40.9. The molecule has 0 unspecified atom stereocenters. The maximum Gasteiger partial charge on any atom is 0.336 e. The van der Waals surface area contributed by atoms with Crippen molar-refractivity contribution in [3.05, 3.63) is 0 Å². The maximum absolute atomic E-state index is 11.8. The first-order valence-corrected chi connectivity index (χ1v) is 7.08. The predicted molar refractivity (Wildman–Crippen MR) is 76.5 cm³/mol. The van der Waals surface area contributed by atoms with Crippen LogP contribution in [0.2, 0.25) is 0 Å². The number of ether oxygens (including phenoxy) is 2. The van der Waals surface area contributed by atoms with Crippen molar-refractivity contribution in [2.45, 2.75) is 48.3 Å². The van der Waals surface area contributed by atoms with Gasteiger partial charge >= 0.3 is 11.9 Å². The number of hydrogen-bond donors (Lipinski definition) is 5. The fraction of sp³-hybridized carbons (Fsp3) is 0.714. The van der Waals surface area contributed by atoms with Crippen LogP contribution in [0.15, 0.2) is 0 Å². The number of carbonyl (C=O) groups is 2. The zero-order valence-electron chi connectivity index (χ0n) is 12.6. The van der Waals surface area contributed by atoms with Crippen LogP contribution >= 0.6 is 0 Å². The third-order valence-corrected chi connectivity index (χ3v) is 4.45. The molecule has 2 aliphatic heterocycles. The van der Waals surface area contributed by atoms with E-state index in [1.807, 2.05) is 0 Å². The average molecular weight is 328 g/mol. The van der Waals surface area contributed by atoms with Crippen LogP contribution in [0.5, 0.6) is 0 Å². The van der Waals surface area contributed by atoms with E-state index in [0.717, 1.165) is 0 Å². The molecular formula is C14H20N2O7. The largest absolute Gasteiger partial charge is 0.480 e. The molecule has 0 radical (unpaired) electrons. The molecule has 0 aliphatic carbocycles. The van der Waals surface area contributed by atoms with E-state index in [0.29, 0.717) is 0 Å². The fourth-order valence-corrected chi connectivity index (χ4v) is 3.24. The van der Waals surface area contributed by atoms with Crippen LogP contribution in [-0.2, 0) is 19.1 Å². The Bertz CT molecular complexity index is 548. The van der Waals surface area contributed by atoms with E-state index in [1.54, 1.807) is 7.05 Å². The molecular weight excluding hydrogens is 308 g/mol. The number of carboxylic acids is 2. The molecule has 2 rings (SSSR count). The van der Waals surface area contributed by atoms with Crippen LogP contribution in [0.4, 0.5) is 0 Å². The van der Waals surface area contributed by atoms with Crippen LogP contribution in [0, 0.1) is 12.3 Å². The average Bonchev–Trinajstić information content (AvgIpc) is 2.83. The predicted octanol–water partition coefficient (Wildman–Crippen LogP) is -2.25. The number of aliphatic carboxylic acids is 2. The smallest absolute Gasteiger partial charge is 0.336 e. The topological polar surface area (TPSA) is 151 Å². The lowest BCUT2D eigenvalue weighted by Gasteiger charge is -2.41. The van der Waals surface area contributed by atoms with Crippen LogP contribution in [0.3, 0.4) is 0 Å². The lowest BCUT2D eigenvalue weighted by Crippen LogP contribution is -2.62. The molecule has 2 heterocycles. The van der Waals surface area contributed by atoms with Crippen molar-refractivity contribution in [2.75, 3.05) is 13.7 Å². The molecule has 0 aromatic carbocycles. The number of rotatable bonds is 5. The number of nitrogens with one attached hydrogen (secondary N) is 1. The molecule has 6 atom stereocenters. The maximum atomic E-state index is 11.8. The first-order valence-electron chi connectivity index (χ1n) is 7.08. The van der Waals surface area contributed by atoms with E-state index in [4.69, 9.17) is 26.7 Å². The summed E-state index contributed by atoms with van der Waals surface area (Å²) in [6.45, 7) is -0.0871. The Hall–Kier alpha value is -1.70. The highest BCUT2D eigenvalue weighted by atomic mass is 16.6. The molecule has 2 fully saturated rings. The Labute approximate surface area is 132 Å². The van der Waals surface area contributed by atoms with Gasteiger partial charge in [0.1, 0.15) is 12.1 Å². The van der Waals surface area contributed by atoms with Gasteiger partial charge in [-0.3, -0.25) is 4.79 Å². The third-order valence-electron chi connectivity index (χ3n) is 4.45. The van der Waals surface area contributed by atoms with Crippen molar-refractivity contribution in [2.24, 2.45) is 5.73 Å². The molecule has 9 nitrogen and oxygen atoms in total. The molecule has 0 spiro atoms. The van der Waals surface area contributed by atoms with Crippen molar-refractivity contribution in [3.8, 4) is 12.3 Å². The van der Waals surface area contributed by atoms with Crippen LogP contribution in [0.25, 0.3) is 0 Å². The van der Waals surface area contributed by atoms with E-state index in [2.05, 4.69) is 11.2 Å². The molecule has 0 amide bonds. The summed E-state index contributed by atoms with van der Waals surface area (Å²) in [5, 5.41) is 31.4. The van der Waals surface area contributed by atoms with E-state index >= 15 is 0 Å². The third kappa shape index (κ3) is 2.80. The molecule has 0 saturated carbocycles. The molecule has 2 saturated heterocycles. The highest BCUT2D eigenvalue weighted by Crippen LogP contribution is 2.46. The number of hydrogen-bond acceptors (Lipinski definition) is 7. The van der Waals surface area contributed by atoms with Crippen molar-refractivity contribution >= 4 is 11.9 Å². The molecule has 0 aromatic rings. The van der Waals surface area contributed by atoms with Crippen molar-refractivity contribution in [1.82, 2.24) is 5.32 Å². The number of fused-ring (bicyclic) bond motifs is 1. The minimum absolute atomic E-state index is 0.0871. The number of terminal acetylenes is 1. The Balaban J connectivity index is 2.40. The van der Waals surface area contributed by atoms with Gasteiger partial charge in [0.2, 0.25) is 0 Å². The Kier molecular flexibility index (Phi) is 4.66. The zero-order chi connectivity index (χ0) is 17.4. The van der Waals surface area contributed by atoms with E-state index in [9.17, 15) is 19.8 Å². The minimum Gasteiger partial charge on any atom is -0.480 e. The van der Waals surface area contributed by atoms with Crippen molar-refractivity contribution in [3.63, 3.8) is 0 Å². The van der Waals surface area contributed by atoms with Crippen molar-refractivity contribution < 1.29 is 34.4 Å². The summed E-state index contributed by atoms with van der Waals surface area (Å²) < 4.78 is 11.2.